The summed E-state index contributed by atoms with van der Waals surface area (Å²) in [5, 5.41) is 4.19. The van der Waals surface area contributed by atoms with E-state index in [1.807, 2.05) is 19.9 Å². The molecule has 0 aromatic heterocycles. The molecular formula is C16H14FNO. The van der Waals surface area contributed by atoms with E-state index in [0.29, 0.717) is 12.1 Å². The van der Waals surface area contributed by atoms with Crippen molar-refractivity contribution in [2.24, 2.45) is 0 Å². The number of carbonyl (C=O) groups is 1. The van der Waals surface area contributed by atoms with E-state index < -0.39 is 5.82 Å². The van der Waals surface area contributed by atoms with E-state index in [1.54, 1.807) is 12.1 Å². The monoisotopic (exact) mass is 255 g/mol. The average Bonchev–Trinajstić information content (AvgIpc) is 2.38. The smallest absolute Gasteiger partial charge is 0.211 e. The van der Waals surface area contributed by atoms with Gasteiger partial charge in [0.05, 0.1) is 5.56 Å². The van der Waals surface area contributed by atoms with E-state index in [-0.39, 0.29) is 11.5 Å². The largest absolute Gasteiger partial charge is 0.329 e. The zero-order valence-corrected chi connectivity index (χ0v) is 10.8. The van der Waals surface area contributed by atoms with Crippen molar-refractivity contribution in [3.8, 4) is 12.3 Å². The van der Waals surface area contributed by atoms with Gasteiger partial charge < -0.3 is 5.32 Å². The normalized spacial score (nSPS) is 10.5. The highest BCUT2D eigenvalue weighted by atomic mass is 19.1. The van der Waals surface area contributed by atoms with Gasteiger partial charge in [0.1, 0.15) is 5.82 Å². The van der Waals surface area contributed by atoms with E-state index in [0.717, 1.165) is 16.3 Å². The standard InChI is InChI=1S/C16H14FNO/c1-4-13-15(17)6-5-11-7-12(18-9-19)8-14(10(2)3)16(11)13/h1,5-10H,2-3H3,(H,18,19). The minimum Gasteiger partial charge on any atom is -0.329 e. The summed E-state index contributed by atoms with van der Waals surface area (Å²) in [6, 6.07) is 6.65. The molecule has 0 fully saturated rings. The Kier molecular flexibility index (Phi) is 3.52. The van der Waals surface area contributed by atoms with Gasteiger partial charge in [-0.1, -0.05) is 25.8 Å². The van der Waals surface area contributed by atoms with Crippen molar-refractivity contribution < 1.29 is 9.18 Å². The van der Waals surface area contributed by atoms with Crippen molar-refractivity contribution >= 4 is 22.9 Å². The molecule has 0 saturated carbocycles. The van der Waals surface area contributed by atoms with Crippen LogP contribution in [0.15, 0.2) is 24.3 Å². The molecule has 19 heavy (non-hydrogen) atoms. The second kappa shape index (κ2) is 5.11. The molecule has 3 heteroatoms. The Morgan fingerprint density at radius 2 is 2.11 bits per heavy atom. The maximum Gasteiger partial charge on any atom is 0.211 e. The van der Waals surface area contributed by atoms with Gasteiger partial charge in [-0.15, -0.1) is 6.42 Å². The molecule has 0 aliphatic carbocycles. The Balaban J connectivity index is 2.88. The van der Waals surface area contributed by atoms with Crippen LogP contribution in [0.5, 0.6) is 0 Å². The highest BCUT2D eigenvalue weighted by Gasteiger charge is 2.13. The highest BCUT2D eigenvalue weighted by Crippen LogP contribution is 2.32. The molecule has 0 radical (unpaired) electrons. The summed E-state index contributed by atoms with van der Waals surface area (Å²) < 4.78 is 13.8. The Hall–Kier alpha value is -2.34. The number of anilines is 1. The molecule has 0 spiro atoms. The third-order valence-electron chi connectivity index (χ3n) is 3.09. The average molecular weight is 255 g/mol. The summed E-state index contributed by atoms with van der Waals surface area (Å²) in [5.74, 6) is 2.20. The fourth-order valence-corrected chi connectivity index (χ4v) is 2.22. The van der Waals surface area contributed by atoms with Gasteiger partial charge in [-0.3, -0.25) is 4.79 Å². The first-order valence-corrected chi connectivity index (χ1v) is 6.01. The first-order chi connectivity index (χ1) is 9.08. The van der Waals surface area contributed by atoms with Gasteiger partial charge in [0.25, 0.3) is 0 Å². The van der Waals surface area contributed by atoms with Crippen LogP contribution in [0.2, 0.25) is 0 Å². The molecule has 2 aromatic rings. The number of amides is 1. The van der Waals surface area contributed by atoms with Crippen LogP contribution in [-0.4, -0.2) is 6.41 Å². The summed E-state index contributed by atoms with van der Waals surface area (Å²) in [5.41, 5.74) is 1.88. The van der Waals surface area contributed by atoms with E-state index in [1.165, 1.54) is 6.07 Å². The number of benzene rings is 2. The van der Waals surface area contributed by atoms with E-state index >= 15 is 0 Å². The molecule has 2 rings (SSSR count). The quantitative estimate of drug-likeness (QED) is 0.658. The molecule has 96 valence electrons. The number of fused-ring (bicyclic) bond motifs is 1. The van der Waals surface area contributed by atoms with Gasteiger partial charge in [-0.2, -0.15) is 0 Å². The van der Waals surface area contributed by atoms with Crippen LogP contribution < -0.4 is 5.32 Å². The second-order valence-corrected chi connectivity index (χ2v) is 4.65. The van der Waals surface area contributed by atoms with Crippen LogP contribution in [0.25, 0.3) is 10.8 Å². The fourth-order valence-electron chi connectivity index (χ4n) is 2.22. The lowest BCUT2D eigenvalue weighted by molar-refractivity contribution is -0.105. The first kappa shape index (κ1) is 13.1. The summed E-state index contributed by atoms with van der Waals surface area (Å²) in [7, 11) is 0. The predicted octanol–water partition coefficient (Wildman–Crippen LogP) is 3.65. The number of halogens is 1. The molecule has 0 atom stereocenters. The van der Waals surface area contributed by atoms with Crippen molar-refractivity contribution in [2.75, 3.05) is 5.32 Å². The van der Waals surface area contributed by atoms with Crippen LogP contribution in [0, 0.1) is 18.2 Å². The van der Waals surface area contributed by atoms with Crippen molar-refractivity contribution in [1.82, 2.24) is 0 Å². The van der Waals surface area contributed by atoms with Crippen LogP contribution in [0.3, 0.4) is 0 Å². The highest BCUT2D eigenvalue weighted by molar-refractivity contribution is 5.95. The van der Waals surface area contributed by atoms with Crippen LogP contribution in [0.4, 0.5) is 10.1 Å². The zero-order chi connectivity index (χ0) is 14.0. The van der Waals surface area contributed by atoms with Gasteiger partial charge in [-0.25, -0.2) is 4.39 Å². The number of terminal acetylenes is 1. The molecule has 2 nitrogen and oxygen atoms in total. The number of rotatable bonds is 3. The van der Waals surface area contributed by atoms with Gasteiger partial charge in [0, 0.05) is 11.1 Å². The van der Waals surface area contributed by atoms with Crippen molar-refractivity contribution in [3.63, 3.8) is 0 Å². The maximum atomic E-state index is 13.8. The Labute approximate surface area is 111 Å². The van der Waals surface area contributed by atoms with Crippen LogP contribution >= 0.6 is 0 Å². The SMILES string of the molecule is C#Cc1c(F)ccc2cc(NC=O)cc(C(C)C)c12. The molecule has 0 heterocycles. The lowest BCUT2D eigenvalue weighted by atomic mass is 9.92. The lowest BCUT2D eigenvalue weighted by Crippen LogP contribution is -1.99. The van der Waals surface area contributed by atoms with E-state index in [9.17, 15) is 9.18 Å². The Morgan fingerprint density at radius 1 is 1.37 bits per heavy atom. The number of carbonyl (C=O) groups excluding carboxylic acids is 1. The molecule has 0 aliphatic rings. The summed E-state index contributed by atoms with van der Waals surface area (Å²) in [6.45, 7) is 4.01. The van der Waals surface area contributed by atoms with Gasteiger partial charge in [0.15, 0.2) is 0 Å². The third kappa shape index (κ3) is 2.30. The second-order valence-electron chi connectivity index (χ2n) is 4.65. The fraction of sp³-hybridized carbons (Fsp3) is 0.188. The molecular weight excluding hydrogens is 241 g/mol. The lowest BCUT2D eigenvalue weighted by Gasteiger charge is -2.14. The Bertz CT molecular complexity index is 683. The van der Waals surface area contributed by atoms with Gasteiger partial charge >= 0.3 is 0 Å². The minimum atomic E-state index is -0.395. The summed E-state index contributed by atoms with van der Waals surface area (Å²) in [6.07, 6.45) is 6.04. The molecule has 0 saturated heterocycles. The first-order valence-electron chi connectivity index (χ1n) is 6.01. The molecule has 1 amide bonds. The van der Waals surface area contributed by atoms with Crippen molar-refractivity contribution in [3.05, 3.63) is 41.2 Å². The minimum absolute atomic E-state index is 0.171. The van der Waals surface area contributed by atoms with Crippen molar-refractivity contribution in [2.45, 2.75) is 19.8 Å². The number of hydrogen-bond acceptors (Lipinski definition) is 1. The predicted molar refractivity (Wildman–Crippen MR) is 75.6 cm³/mol. The molecule has 2 aromatic carbocycles. The molecule has 1 N–H and O–H groups in total. The van der Waals surface area contributed by atoms with E-state index in [4.69, 9.17) is 6.42 Å². The van der Waals surface area contributed by atoms with Gasteiger partial charge in [0.2, 0.25) is 6.41 Å². The van der Waals surface area contributed by atoms with Crippen molar-refractivity contribution in [1.29, 1.82) is 0 Å². The van der Waals surface area contributed by atoms with Crippen LogP contribution in [0.1, 0.15) is 30.9 Å². The molecule has 0 bridgehead atoms. The number of hydrogen-bond donors (Lipinski definition) is 1. The topological polar surface area (TPSA) is 29.1 Å². The third-order valence-corrected chi connectivity index (χ3v) is 3.09. The Morgan fingerprint density at radius 3 is 2.68 bits per heavy atom. The summed E-state index contributed by atoms with van der Waals surface area (Å²) >= 11 is 0. The number of nitrogens with one attached hydrogen (secondary N) is 1. The van der Waals surface area contributed by atoms with Gasteiger partial charge in [-0.05, 0) is 35.1 Å². The zero-order valence-electron chi connectivity index (χ0n) is 10.8. The van der Waals surface area contributed by atoms with E-state index in [2.05, 4.69) is 11.2 Å². The summed E-state index contributed by atoms with van der Waals surface area (Å²) in [4.78, 5) is 10.6. The molecule has 0 aliphatic heterocycles. The molecule has 0 unspecified atom stereocenters. The van der Waals surface area contributed by atoms with Crippen LogP contribution in [-0.2, 0) is 4.79 Å². The maximum absolute atomic E-state index is 13.8.